The van der Waals surface area contributed by atoms with Crippen LogP contribution >= 0.6 is 0 Å². The van der Waals surface area contributed by atoms with Crippen LogP contribution in [0, 0.1) is 0 Å². The Hall–Kier alpha value is -1.62. The van der Waals surface area contributed by atoms with Crippen molar-refractivity contribution in [3.05, 3.63) is 29.8 Å². The Morgan fingerprint density at radius 3 is 2.50 bits per heavy atom. The molecule has 0 radical (unpaired) electrons. The van der Waals surface area contributed by atoms with Crippen molar-refractivity contribution in [2.75, 3.05) is 0 Å². The minimum Gasteiger partial charge on any atom is -0.508 e. The molecule has 0 aliphatic heterocycles. The molecule has 14 heavy (non-hydrogen) atoms. The summed E-state index contributed by atoms with van der Waals surface area (Å²) in [4.78, 5) is 10.4. The molecule has 5 heteroatoms. The van der Waals surface area contributed by atoms with E-state index in [1.807, 2.05) is 0 Å². The van der Waals surface area contributed by atoms with Gasteiger partial charge in [-0.25, -0.2) is 4.39 Å². The number of phenolic OH excluding ortho intramolecular Hbond substituents is 1. The number of benzene rings is 1. The molecule has 0 saturated heterocycles. The highest BCUT2D eigenvalue weighted by atomic mass is 19.1. The Labute approximate surface area is 79.8 Å². The van der Waals surface area contributed by atoms with Crippen LogP contribution in [0.15, 0.2) is 24.3 Å². The highest BCUT2D eigenvalue weighted by molar-refractivity contribution is 5.74. The molecule has 76 valence electrons. The maximum absolute atomic E-state index is 13.4. The van der Waals surface area contributed by atoms with Crippen molar-refractivity contribution in [3.63, 3.8) is 0 Å². The number of alkyl halides is 1. The van der Waals surface area contributed by atoms with Crippen molar-refractivity contribution >= 4 is 5.97 Å². The lowest BCUT2D eigenvalue weighted by Crippen LogP contribution is -2.34. The molecule has 4 nitrogen and oxygen atoms in total. The molecule has 0 bridgehead atoms. The van der Waals surface area contributed by atoms with E-state index in [0.717, 1.165) is 0 Å². The summed E-state index contributed by atoms with van der Waals surface area (Å²) >= 11 is 0. The van der Waals surface area contributed by atoms with E-state index in [1.54, 1.807) is 0 Å². The van der Waals surface area contributed by atoms with Crippen LogP contribution in [0.1, 0.15) is 11.7 Å². The molecule has 0 heterocycles. The molecular weight excluding hydrogens is 189 g/mol. The van der Waals surface area contributed by atoms with Gasteiger partial charge in [-0.1, -0.05) is 18.2 Å². The molecule has 0 aliphatic rings. The maximum atomic E-state index is 13.4. The van der Waals surface area contributed by atoms with Gasteiger partial charge in [0.05, 0.1) is 0 Å². The number of para-hydroxylation sites is 1. The van der Waals surface area contributed by atoms with Gasteiger partial charge in [0.2, 0.25) is 0 Å². The van der Waals surface area contributed by atoms with Gasteiger partial charge in [-0.3, -0.25) is 4.79 Å². The van der Waals surface area contributed by atoms with Crippen LogP contribution in [-0.2, 0) is 4.79 Å². The SMILES string of the molecule is NC(C(=O)O)C(F)c1ccccc1O. The molecule has 1 aromatic rings. The molecular formula is C9H10FNO3. The Morgan fingerprint density at radius 2 is 2.00 bits per heavy atom. The molecule has 2 atom stereocenters. The molecule has 0 fully saturated rings. The molecule has 0 spiro atoms. The van der Waals surface area contributed by atoms with Gasteiger partial charge < -0.3 is 15.9 Å². The average molecular weight is 199 g/mol. The lowest BCUT2D eigenvalue weighted by molar-refractivity contribution is -0.140. The molecule has 0 amide bonds. The second kappa shape index (κ2) is 4.06. The van der Waals surface area contributed by atoms with Gasteiger partial charge in [0.15, 0.2) is 6.17 Å². The molecule has 0 aliphatic carbocycles. The van der Waals surface area contributed by atoms with Gasteiger partial charge >= 0.3 is 5.97 Å². The number of hydrogen-bond acceptors (Lipinski definition) is 3. The third-order valence-corrected chi connectivity index (χ3v) is 1.83. The van der Waals surface area contributed by atoms with E-state index in [1.165, 1.54) is 24.3 Å². The summed E-state index contributed by atoms with van der Waals surface area (Å²) in [6.45, 7) is 0. The zero-order valence-corrected chi connectivity index (χ0v) is 7.22. The first-order chi connectivity index (χ1) is 6.54. The second-order valence-electron chi connectivity index (χ2n) is 2.82. The van der Waals surface area contributed by atoms with E-state index in [-0.39, 0.29) is 11.3 Å². The standard InChI is InChI=1S/C9H10FNO3/c10-7(8(11)9(13)14)5-3-1-2-4-6(5)12/h1-4,7-8,12H,11H2,(H,13,14). The van der Waals surface area contributed by atoms with Gasteiger partial charge in [0.25, 0.3) is 0 Å². The van der Waals surface area contributed by atoms with Crippen LogP contribution in [0.5, 0.6) is 5.75 Å². The molecule has 1 aromatic carbocycles. The average Bonchev–Trinajstić information content (AvgIpc) is 2.16. The first kappa shape index (κ1) is 10.5. The number of aliphatic carboxylic acids is 1. The summed E-state index contributed by atoms with van der Waals surface area (Å²) in [6.07, 6.45) is -1.91. The number of carboxylic acid groups (broad SMARTS) is 1. The van der Waals surface area contributed by atoms with E-state index >= 15 is 0 Å². The largest absolute Gasteiger partial charge is 0.508 e. The Morgan fingerprint density at radius 1 is 1.43 bits per heavy atom. The summed E-state index contributed by atoms with van der Waals surface area (Å²) < 4.78 is 13.4. The molecule has 0 aromatic heterocycles. The number of halogens is 1. The lowest BCUT2D eigenvalue weighted by Gasteiger charge is -2.13. The Balaban J connectivity index is 2.94. The summed E-state index contributed by atoms with van der Waals surface area (Å²) in [5.41, 5.74) is 4.97. The van der Waals surface area contributed by atoms with Gasteiger partial charge in [0.1, 0.15) is 11.8 Å². The van der Waals surface area contributed by atoms with Gasteiger partial charge in [-0.15, -0.1) is 0 Å². The number of carbonyl (C=O) groups is 1. The Kier molecular flexibility index (Phi) is 3.03. The van der Waals surface area contributed by atoms with Crippen LogP contribution < -0.4 is 5.73 Å². The van der Waals surface area contributed by atoms with Crippen molar-refractivity contribution in [2.45, 2.75) is 12.2 Å². The fraction of sp³-hybridized carbons (Fsp3) is 0.222. The van der Waals surface area contributed by atoms with Crippen LogP contribution in [0.2, 0.25) is 0 Å². The van der Waals surface area contributed by atoms with Crippen molar-refractivity contribution in [1.29, 1.82) is 0 Å². The van der Waals surface area contributed by atoms with E-state index in [9.17, 15) is 14.3 Å². The third kappa shape index (κ3) is 2.00. The highest BCUT2D eigenvalue weighted by Gasteiger charge is 2.27. The number of hydrogen-bond donors (Lipinski definition) is 3. The molecule has 4 N–H and O–H groups in total. The summed E-state index contributed by atoms with van der Waals surface area (Å²) in [6, 6.07) is 3.91. The third-order valence-electron chi connectivity index (χ3n) is 1.83. The first-order valence-corrected chi connectivity index (χ1v) is 3.94. The quantitative estimate of drug-likeness (QED) is 0.672. The first-order valence-electron chi connectivity index (χ1n) is 3.94. The summed E-state index contributed by atoms with van der Waals surface area (Å²) in [7, 11) is 0. The maximum Gasteiger partial charge on any atom is 0.323 e. The lowest BCUT2D eigenvalue weighted by atomic mass is 10.0. The van der Waals surface area contributed by atoms with Crippen molar-refractivity contribution in [1.82, 2.24) is 0 Å². The zero-order chi connectivity index (χ0) is 10.7. The van der Waals surface area contributed by atoms with E-state index < -0.39 is 18.2 Å². The number of rotatable bonds is 3. The minimum absolute atomic E-state index is 0.109. The number of phenols is 1. The van der Waals surface area contributed by atoms with Crippen LogP contribution in [0.25, 0.3) is 0 Å². The van der Waals surface area contributed by atoms with Gasteiger partial charge in [-0.05, 0) is 6.07 Å². The fourth-order valence-electron chi connectivity index (χ4n) is 1.04. The van der Waals surface area contributed by atoms with Crippen LogP contribution in [-0.4, -0.2) is 22.2 Å². The van der Waals surface area contributed by atoms with E-state index in [2.05, 4.69) is 0 Å². The van der Waals surface area contributed by atoms with Gasteiger partial charge in [-0.2, -0.15) is 0 Å². The number of aromatic hydroxyl groups is 1. The topological polar surface area (TPSA) is 83.6 Å². The summed E-state index contributed by atoms with van der Waals surface area (Å²) in [5, 5.41) is 17.7. The zero-order valence-electron chi connectivity index (χ0n) is 7.22. The Bertz CT molecular complexity index is 343. The van der Waals surface area contributed by atoms with E-state index in [4.69, 9.17) is 10.8 Å². The minimum atomic E-state index is -1.91. The number of nitrogens with two attached hydrogens (primary N) is 1. The summed E-state index contributed by atoms with van der Waals surface area (Å²) in [5.74, 6) is -1.74. The predicted molar refractivity (Wildman–Crippen MR) is 47.6 cm³/mol. The smallest absolute Gasteiger partial charge is 0.323 e. The number of carboxylic acids is 1. The van der Waals surface area contributed by atoms with Crippen molar-refractivity contribution in [3.8, 4) is 5.75 Å². The predicted octanol–water partition coefficient (Wildman–Crippen LogP) is 0.815. The second-order valence-corrected chi connectivity index (χ2v) is 2.82. The van der Waals surface area contributed by atoms with Crippen LogP contribution in [0.4, 0.5) is 4.39 Å². The van der Waals surface area contributed by atoms with Crippen molar-refractivity contribution < 1.29 is 19.4 Å². The van der Waals surface area contributed by atoms with E-state index in [0.29, 0.717) is 0 Å². The normalized spacial score (nSPS) is 14.7. The molecule has 1 rings (SSSR count). The van der Waals surface area contributed by atoms with Crippen LogP contribution in [0.3, 0.4) is 0 Å². The highest BCUT2D eigenvalue weighted by Crippen LogP contribution is 2.28. The fourth-order valence-corrected chi connectivity index (χ4v) is 1.04. The van der Waals surface area contributed by atoms with Crippen molar-refractivity contribution in [2.24, 2.45) is 5.73 Å². The van der Waals surface area contributed by atoms with Gasteiger partial charge in [0, 0.05) is 5.56 Å². The molecule has 2 unspecified atom stereocenters. The molecule has 0 saturated carbocycles. The monoisotopic (exact) mass is 199 g/mol.